The van der Waals surface area contributed by atoms with Gasteiger partial charge in [0.1, 0.15) is 11.9 Å². The molecule has 0 spiro atoms. The molecule has 5 aliphatic rings. The van der Waals surface area contributed by atoms with Gasteiger partial charge in [-0.15, -0.1) is 0 Å². The molecule has 5 unspecified atom stereocenters. The van der Waals surface area contributed by atoms with Crippen LogP contribution in [0.3, 0.4) is 0 Å². The summed E-state index contributed by atoms with van der Waals surface area (Å²) in [7, 11) is 0. The van der Waals surface area contributed by atoms with Crippen molar-refractivity contribution in [3.05, 3.63) is 0 Å². The number of hydrogen-bond acceptors (Lipinski definition) is 5. The Kier molecular flexibility index (Phi) is 5.48. The van der Waals surface area contributed by atoms with E-state index in [1.54, 1.807) is 6.92 Å². The number of Topliss-reactive ketones (excluding diaryl/α,β-unsaturated/α-hetero) is 1. The molecular formula is C29H46O5. The molecule has 0 aromatic carbocycles. The van der Waals surface area contributed by atoms with E-state index in [-0.39, 0.29) is 34.6 Å². The molecule has 34 heavy (non-hydrogen) atoms. The molecule has 1 heterocycles. The third-order valence-electron chi connectivity index (χ3n) is 12.5. The highest BCUT2D eigenvalue weighted by Crippen LogP contribution is 2.74. The standard InChI is InChI=1S/C29H46O5/c1-8-25(3)11-9-12-26(4)20(25)10-13-27(5)21(26)15-23(31)28(6)18-16-33-29(7,32)24(18)19(14-22(27)28)34-17(2)30/h18-22,24,32H,8-16H2,1-7H3/t18-,19-,20?,21?,22?,24-,25?,26-,27+,28+,29?/m0/s1. The number of hydrogen-bond donors (Lipinski definition) is 1. The molecule has 0 aromatic heterocycles. The largest absolute Gasteiger partial charge is 0.462 e. The van der Waals surface area contributed by atoms with Crippen LogP contribution in [0.1, 0.15) is 99.8 Å². The first-order chi connectivity index (χ1) is 15.7. The zero-order chi connectivity index (χ0) is 24.9. The van der Waals surface area contributed by atoms with E-state index in [0.717, 1.165) is 6.42 Å². The van der Waals surface area contributed by atoms with Crippen LogP contribution >= 0.6 is 0 Å². The minimum Gasteiger partial charge on any atom is -0.462 e. The fraction of sp³-hybridized carbons (Fsp3) is 0.931. The minimum absolute atomic E-state index is 0.0116. The molecule has 5 fully saturated rings. The normalized spacial score (nSPS) is 56.6. The number of aliphatic hydroxyl groups is 1. The Labute approximate surface area is 205 Å². The number of rotatable bonds is 2. The zero-order valence-corrected chi connectivity index (χ0v) is 22.4. The second-order valence-corrected chi connectivity index (χ2v) is 13.9. The summed E-state index contributed by atoms with van der Waals surface area (Å²) in [5, 5.41) is 11.1. The molecule has 4 saturated carbocycles. The smallest absolute Gasteiger partial charge is 0.302 e. The summed E-state index contributed by atoms with van der Waals surface area (Å²) in [5.74, 6) is -0.712. The van der Waals surface area contributed by atoms with E-state index in [9.17, 15) is 14.7 Å². The first-order valence-electron chi connectivity index (χ1n) is 13.8. The summed E-state index contributed by atoms with van der Waals surface area (Å²) in [6, 6.07) is 0. The molecule has 1 saturated heterocycles. The summed E-state index contributed by atoms with van der Waals surface area (Å²) in [6.07, 6.45) is 8.17. The Morgan fingerprint density at radius 3 is 2.38 bits per heavy atom. The van der Waals surface area contributed by atoms with Crippen molar-refractivity contribution in [2.24, 2.45) is 51.2 Å². The summed E-state index contributed by atoms with van der Waals surface area (Å²) < 4.78 is 11.8. The van der Waals surface area contributed by atoms with E-state index in [4.69, 9.17) is 9.47 Å². The van der Waals surface area contributed by atoms with Crippen molar-refractivity contribution in [2.45, 2.75) is 112 Å². The van der Waals surface area contributed by atoms with Gasteiger partial charge in [-0.2, -0.15) is 0 Å². The van der Waals surface area contributed by atoms with Crippen molar-refractivity contribution in [2.75, 3.05) is 6.61 Å². The highest BCUT2D eigenvalue weighted by atomic mass is 16.6. The highest BCUT2D eigenvalue weighted by molar-refractivity contribution is 5.87. The second kappa shape index (κ2) is 7.54. The van der Waals surface area contributed by atoms with Crippen molar-refractivity contribution < 1.29 is 24.2 Å². The number of fused-ring (bicyclic) bond motifs is 7. The molecule has 5 rings (SSSR count). The number of carbonyl (C=O) groups excluding carboxylic acids is 2. The lowest BCUT2D eigenvalue weighted by Gasteiger charge is -2.70. The molecule has 1 aliphatic heterocycles. The molecule has 5 heteroatoms. The molecule has 0 aromatic rings. The van der Waals surface area contributed by atoms with E-state index in [0.29, 0.717) is 42.5 Å². The van der Waals surface area contributed by atoms with Crippen molar-refractivity contribution in [3.8, 4) is 0 Å². The van der Waals surface area contributed by atoms with E-state index in [2.05, 4.69) is 34.6 Å². The lowest BCUT2D eigenvalue weighted by Crippen LogP contribution is -2.68. The molecule has 0 radical (unpaired) electrons. The Morgan fingerprint density at radius 1 is 1.06 bits per heavy atom. The van der Waals surface area contributed by atoms with Crippen LogP contribution in [0.5, 0.6) is 0 Å². The number of ketones is 1. The molecule has 1 N–H and O–H groups in total. The highest BCUT2D eigenvalue weighted by Gasteiger charge is 2.73. The molecular weight excluding hydrogens is 428 g/mol. The third kappa shape index (κ3) is 3.04. The molecule has 4 aliphatic carbocycles. The Hall–Kier alpha value is -0.940. The molecule has 0 amide bonds. The topological polar surface area (TPSA) is 72.8 Å². The number of carbonyl (C=O) groups is 2. The van der Waals surface area contributed by atoms with Crippen molar-refractivity contribution in [1.82, 2.24) is 0 Å². The van der Waals surface area contributed by atoms with Gasteiger partial charge in [0.2, 0.25) is 0 Å². The maximum absolute atomic E-state index is 14.2. The number of ether oxygens (including phenoxy) is 2. The van der Waals surface area contributed by atoms with Gasteiger partial charge < -0.3 is 14.6 Å². The Morgan fingerprint density at radius 2 is 1.74 bits per heavy atom. The van der Waals surface area contributed by atoms with Crippen molar-refractivity contribution in [3.63, 3.8) is 0 Å². The van der Waals surface area contributed by atoms with E-state index < -0.39 is 17.3 Å². The fourth-order valence-corrected chi connectivity index (χ4v) is 10.8. The van der Waals surface area contributed by atoms with Gasteiger partial charge in [-0.05, 0) is 73.0 Å². The van der Waals surface area contributed by atoms with Crippen LogP contribution in [0, 0.1) is 51.2 Å². The number of esters is 1. The van der Waals surface area contributed by atoms with Crippen LogP contribution in [-0.2, 0) is 19.1 Å². The molecule has 11 atom stereocenters. The average Bonchev–Trinajstić information content (AvgIpc) is 3.07. The van der Waals surface area contributed by atoms with Crippen molar-refractivity contribution in [1.29, 1.82) is 0 Å². The summed E-state index contributed by atoms with van der Waals surface area (Å²) >= 11 is 0. The summed E-state index contributed by atoms with van der Waals surface area (Å²) in [4.78, 5) is 26.3. The van der Waals surface area contributed by atoms with Gasteiger partial charge in [-0.1, -0.05) is 47.5 Å². The van der Waals surface area contributed by atoms with E-state index in [1.807, 2.05) is 0 Å². The summed E-state index contributed by atoms with van der Waals surface area (Å²) in [6.45, 7) is 15.4. The van der Waals surface area contributed by atoms with Crippen LogP contribution in [0.4, 0.5) is 0 Å². The first kappa shape index (κ1) is 24.7. The van der Waals surface area contributed by atoms with Crippen LogP contribution in [0.2, 0.25) is 0 Å². The maximum atomic E-state index is 14.2. The van der Waals surface area contributed by atoms with Gasteiger partial charge in [-0.3, -0.25) is 9.59 Å². The monoisotopic (exact) mass is 474 g/mol. The average molecular weight is 475 g/mol. The van der Waals surface area contributed by atoms with E-state index >= 15 is 0 Å². The van der Waals surface area contributed by atoms with Crippen LogP contribution in [-0.4, -0.2) is 35.4 Å². The quantitative estimate of drug-likeness (QED) is 0.533. The predicted molar refractivity (Wildman–Crippen MR) is 130 cm³/mol. The van der Waals surface area contributed by atoms with Crippen LogP contribution in [0.25, 0.3) is 0 Å². The SMILES string of the molecule is CCC1(C)CCC[C@@]2(C)C1CC[C@]1(C)C2CC(=O)[C@@]2(C)C1C[C@H](OC(C)=O)[C@@H]1[C@@H]2COC1(C)O. The van der Waals surface area contributed by atoms with Crippen LogP contribution in [0.15, 0.2) is 0 Å². The summed E-state index contributed by atoms with van der Waals surface area (Å²) in [5.41, 5.74) is -0.0246. The van der Waals surface area contributed by atoms with Gasteiger partial charge in [0.25, 0.3) is 0 Å². The predicted octanol–water partition coefficient (Wildman–Crippen LogP) is 5.53. The van der Waals surface area contributed by atoms with Gasteiger partial charge in [0.15, 0.2) is 5.79 Å². The van der Waals surface area contributed by atoms with Gasteiger partial charge in [0, 0.05) is 24.7 Å². The lowest BCUT2D eigenvalue weighted by molar-refractivity contribution is -0.241. The van der Waals surface area contributed by atoms with Gasteiger partial charge in [0.05, 0.1) is 12.5 Å². The minimum atomic E-state index is -1.38. The van der Waals surface area contributed by atoms with Crippen molar-refractivity contribution >= 4 is 11.8 Å². The Balaban J connectivity index is 1.59. The second-order valence-electron chi connectivity index (χ2n) is 13.9. The van der Waals surface area contributed by atoms with Gasteiger partial charge >= 0.3 is 5.97 Å². The third-order valence-corrected chi connectivity index (χ3v) is 12.5. The van der Waals surface area contributed by atoms with Crippen LogP contribution < -0.4 is 0 Å². The lowest BCUT2D eigenvalue weighted by atomic mass is 9.34. The fourth-order valence-electron chi connectivity index (χ4n) is 10.8. The maximum Gasteiger partial charge on any atom is 0.302 e. The zero-order valence-electron chi connectivity index (χ0n) is 22.4. The molecule has 0 bridgehead atoms. The first-order valence-corrected chi connectivity index (χ1v) is 13.8. The molecule has 192 valence electrons. The Bertz CT molecular complexity index is 882. The molecule has 5 nitrogen and oxygen atoms in total. The van der Waals surface area contributed by atoms with E-state index in [1.165, 1.54) is 39.0 Å². The van der Waals surface area contributed by atoms with Gasteiger partial charge in [-0.25, -0.2) is 0 Å².